The van der Waals surface area contributed by atoms with Gasteiger partial charge in [0.1, 0.15) is 5.82 Å². The zero-order chi connectivity index (χ0) is 12.6. The highest BCUT2D eigenvalue weighted by atomic mass is 16.1. The van der Waals surface area contributed by atoms with Crippen LogP contribution in [0.5, 0.6) is 0 Å². The maximum absolute atomic E-state index is 11.8. The number of aryl methyl sites for hydroxylation is 2. The Balaban J connectivity index is 2.62. The van der Waals surface area contributed by atoms with Gasteiger partial charge in [0, 0.05) is 17.3 Å². The predicted octanol–water partition coefficient (Wildman–Crippen LogP) is 0.717. The van der Waals surface area contributed by atoms with E-state index in [0.717, 1.165) is 5.69 Å². The molecule has 6 nitrogen and oxygen atoms in total. The number of hydrogen-bond acceptors (Lipinski definition) is 4. The Morgan fingerprint density at radius 3 is 2.65 bits per heavy atom. The summed E-state index contributed by atoms with van der Waals surface area (Å²) in [5.74, 6) is 0.810. The third-order valence-corrected chi connectivity index (χ3v) is 2.62. The molecule has 0 atom stereocenters. The van der Waals surface area contributed by atoms with E-state index >= 15 is 0 Å². The van der Waals surface area contributed by atoms with Gasteiger partial charge in [-0.2, -0.15) is 9.78 Å². The Bertz CT molecular complexity index is 611. The van der Waals surface area contributed by atoms with Crippen LogP contribution in [0.3, 0.4) is 0 Å². The summed E-state index contributed by atoms with van der Waals surface area (Å²) in [4.78, 5) is 18.8. The second-order valence-corrected chi connectivity index (χ2v) is 3.93. The highest BCUT2D eigenvalue weighted by Crippen LogP contribution is 2.10. The lowest BCUT2D eigenvalue weighted by molar-refractivity contribution is 0.782. The minimum absolute atomic E-state index is 0.137. The maximum Gasteiger partial charge on any atom is 0.255 e. The predicted molar refractivity (Wildman–Crippen MR) is 65.2 cm³/mol. The second-order valence-electron chi connectivity index (χ2n) is 3.93. The van der Waals surface area contributed by atoms with Crippen LogP contribution in [0.15, 0.2) is 10.9 Å². The molecule has 0 fully saturated rings. The van der Waals surface area contributed by atoms with Crippen LogP contribution in [0.4, 0.5) is 5.82 Å². The normalized spacial score (nSPS) is 10.8. The van der Waals surface area contributed by atoms with Crippen molar-refractivity contribution >= 4 is 5.82 Å². The van der Waals surface area contributed by atoms with E-state index in [-0.39, 0.29) is 5.56 Å². The van der Waals surface area contributed by atoms with Gasteiger partial charge in [0.2, 0.25) is 5.95 Å². The summed E-state index contributed by atoms with van der Waals surface area (Å²) in [6.07, 6.45) is 0.655. The van der Waals surface area contributed by atoms with Crippen molar-refractivity contribution in [2.45, 2.75) is 27.2 Å². The standard InChI is InChI=1S/C11H15N5O/c1-4-8-7(3)13-11(14-10(8)17)16-9(12)5-6(2)15-16/h5H,4,12H2,1-3H3,(H,13,14,17). The summed E-state index contributed by atoms with van der Waals surface area (Å²) < 4.78 is 1.43. The first kappa shape index (κ1) is 11.4. The molecule has 0 amide bonds. The van der Waals surface area contributed by atoms with Crippen molar-refractivity contribution in [2.75, 3.05) is 5.73 Å². The van der Waals surface area contributed by atoms with E-state index in [9.17, 15) is 4.79 Å². The van der Waals surface area contributed by atoms with Crippen LogP contribution in [0.1, 0.15) is 23.9 Å². The van der Waals surface area contributed by atoms with Gasteiger partial charge in [-0.15, -0.1) is 0 Å². The van der Waals surface area contributed by atoms with Gasteiger partial charge in [-0.3, -0.25) is 9.78 Å². The molecule has 0 spiro atoms. The fraction of sp³-hybridized carbons (Fsp3) is 0.364. The summed E-state index contributed by atoms with van der Waals surface area (Å²) >= 11 is 0. The summed E-state index contributed by atoms with van der Waals surface area (Å²) in [5.41, 5.74) is 7.82. The van der Waals surface area contributed by atoms with Gasteiger partial charge in [0.05, 0.1) is 5.69 Å². The molecule has 2 aromatic rings. The van der Waals surface area contributed by atoms with Crippen LogP contribution in [0, 0.1) is 13.8 Å². The first-order valence-corrected chi connectivity index (χ1v) is 5.45. The van der Waals surface area contributed by atoms with Gasteiger partial charge in [0.15, 0.2) is 0 Å². The number of aromatic nitrogens is 4. The fourth-order valence-corrected chi connectivity index (χ4v) is 1.80. The number of nitrogens with zero attached hydrogens (tertiary/aromatic N) is 3. The van der Waals surface area contributed by atoms with Crippen LogP contribution in [-0.2, 0) is 6.42 Å². The molecular weight excluding hydrogens is 218 g/mol. The third-order valence-electron chi connectivity index (χ3n) is 2.62. The third kappa shape index (κ3) is 1.93. The molecule has 0 aromatic carbocycles. The molecule has 0 aliphatic rings. The molecule has 90 valence electrons. The van der Waals surface area contributed by atoms with Crippen LogP contribution in [0.25, 0.3) is 5.95 Å². The molecule has 3 N–H and O–H groups in total. The van der Waals surface area contributed by atoms with E-state index in [1.165, 1.54) is 4.68 Å². The molecule has 0 saturated heterocycles. The molecule has 6 heteroatoms. The lowest BCUT2D eigenvalue weighted by Gasteiger charge is -2.06. The van der Waals surface area contributed by atoms with Crippen molar-refractivity contribution < 1.29 is 0 Å². The van der Waals surface area contributed by atoms with Gasteiger partial charge < -0.3 is 5.73 Å². The first-order valence-electron chi connectivity index (χ1n) is 5.45. The molecule has 0 bridgehead atoms. The van der Waals surface area contributed by atoms with E-state index in [1.54, 1.807) is 6.07 Å². The monoisotopic (exact) mass is 233 g/mol. The van der Waals surface area contributed by atoms with Crippen molar-refractivity contribution in [2.24, 2.45) is 0 Å². The molecule has 0 radical (unpaired) electrons. The van der Waals surface area contributed by atoms with Crippen molar-refractivity contribution in [3.63, 3.8) is 0 Å². The smallest absolute Gasteiger partial charge is 0.255 e. The minimum atomic E-state index is -0.137. The van der Waals surface area contributed by atoms with Crippen LogP contribution in [-0.4, -0.2) is 19.7 Å². The van der Waals surface area contributed by atoms with E-state index in [1.807, 2.05) is 20.8 Å². The van der Waals surface area contributed by atoms with Crippen LogP contribution in [0.2, 0.25) is 0 Å². The number of hydrogen-bond donors (Lipinski definition) is 2. The number of anilines is 1. The van der Waals surface area contributed by atoms with Crippen molar-refractivity contribution in [3.05, 3.63) is 33.4 Å². The number of aromatic amines is 1. The average molecular weight is 233 g/mol. The van der Waals surface area contributed by atoms with Crippen molar-refractivity contribution in [3.8, 4) is 5.95 Å². The Kier molecular flexibility index (Phi) is 2.71. The molecule has 2 heterocycles. The number of nitrogen functional groups attached to an aromatic ring is 1. The summed E-state index contributed by atoms with van der Waals surface area (Å²) in [5, 5.41) is 4.18. The van der Waals surface area contributed by atoms with Crippen LogP contribution < -0.4 is 11.3 Å². The van der Waals surface area contributed by atoms with Gasteiger partial charge in [-0.25, -0.2) is 4.98 Å². The second kappa shape index (κ2) is 4.04. The largest absolute Gasteiger partial charge is 0.383 e. The van der Waals surface area contributed by atoms with Gasteiger partial charge in [-0.1, -0.05) is 6.92 Å². The van der Waals surface area contributed by atoms with E-state index < -0.39 is 0 Å². The average Bonchev–Trinajstić information content (AvgIpc) is 2.57. The van der Waals surface area contributed by atoms with E-state index in [4.69, 9.17) is 5.73 Å². The van der Waals surface area contributed by atoms with Gasteiger partial charge >= 0.3 is 0 Å². The van der Waals surface area contributed by atoms with E-state index in [2.05, 4.69) is 15.1 Å². The molecule has 17 heavy (non-hydrogen) atoms. The highest BCUT2D eigenvalue weighted by Gasteiger charge is 2.10. The first-order chi connectivity index (χ1) is 8.02. The van der Waals surface area contributed by atoms with Gasteiger partial charge in [0.25, 0.3) is 5.56 Å². The quantitative estimate of drug-likeness (QED) is 0.799. The number of H-pyrrole nitrogens is 1. The maximum atomic E-state index is 11.8. The number of nitrogens with one attached hydrogen (secondary N) is 1. The molecule has 0 aliphatic heterocycles. The van der Waals surface area contributed by atoms with Gasteiger partial charge in [-0.05, 0) is 20.3 Å². The Labute approximate surface area is 98.5 Å². The van der Waals surface area contributed by atoms with Crippen molar-refractivity contribution in [1.29, 1.82) is 0 Å². The molecule has 2 aromatic heterocycles. The topological polar surface area (TPSA) is 89.6 Å². The highest BCUT2D eigenvalue weighted by molar-refractivity contribution is 5.37. The summed E-state index contributed by atoms with van der Waals surface area (Å²) in [6.45, 7) is 5.56. The Morgan fingerprint density at radius 2 is 2.18 bits per heavy atom. The Morgan fingerprint density at radius 1 is 1.47 bits per heavy atom. The SMILES string of the molecule is CCc1c(C)nc(-n2nc(C)cc2N)[nH]c1=O. The minimum Gasteiger partial charge on any atom is -0.383 e. The molecule has 0 saturated carbocycles. The number of nitrogens with two attached hydrogens (primary N) is 1. The molecular formula is C11H15N5O. The lowest BCUT2D eigenvalue weighted by atomic mass is 10.2. The molecule has 2 rings (SSSR count). The van der Waals surface area contributed by atoms with E-state index in [0.29, 0.717) is 29.4 Å². The summed E-state index contributed by atoms with van der Waals surface area (Å²) in [6, 6.07) is 1.73. The van der Waals surface area contributed by atoms with Crippen LogP contribution >= 0.6 is 0 Å². The lowest BCUT2D eigenvalue weighted by Crippen LogP contribution is -2.20. The van der Waals surface area contributed by atoms with Crippen molar-refractivity contribution in [1.82, 2.24) is 19.7 Å². The zero-order valence-corrected chi connectivity index (χ0v) is 10.1. The zero-order valence-electron chi connectivity index (χ0n) is 10.1. The fourth-order valence-electron chi connectivity index (χ4n) is 1.80. The number of rotatable bonds is 2. The summed E-state index contributed by atoms with van der Waals surface area (Å²) in [7, 11) is 0. The Hall–Kier alpha value is -2.11. The molecule has 0 unspecified atom stereocenters. The molecule has 0 aliphatic carbocycles.